The van der Waals surface area contributed by atoms with Crippen molar-refractivity contribution in [3.63, 3.8) is 0 Å². The van der Waals surface area contributed by atoms with Gasteiger partial charge in [0.25, 0.3) is 5.91 Å². The van der Waals surface area contributed by atoms with Gasteiger partial charge in [0.2, 0.25) is 5.82 Å². The fourth-order valence-corrected chi connectivity index (χ4v) is 4.59. The molecule has 0 bridgehead atoms. The molecule has 1 amide bonds. The third-order valence-corrected chi connectivity index (χ3v) is 6.70. The molecule has 2 N–H and O–H groups in total. The monoisotopic (exact) mass is 531 g/mol. The molecule has 6 rings (SSSR count). The largest absolute Gasteiger partial charge is 0.389 e. The van der Waals surface area contributed by atoms with E-state index in [1.54, 1.807) is 58.6 Å². The van der Waals surface area contributed by atoms with Gasteiger partial charge in [-0.15, -0.1) is 10.2 Å². The van der Waals surface area contributed by atoms with Crippen LogP contribution in [0.5, 0.6) is 0 Å². The van der Waals surface area contributed by atoms with Crippen molar-refractivity contribution in [3.05, 3.63) is 65.2 Å². The van der Waals surface area contributed by atoms with Gasteiger partial charge < -0.3 is 10.4 Å². The second-order valence-electron chi connectivity index (χ2n) is 10.3. The smallest absolute Gasteiger partial charge is 0.259 e. The van der Waals surface area contributed by atoms with Crippen molar-refractivity contribution in [2.24, 2.45) is 0 Å². The molecule has 194 valence electrons. The Labute approximate surface area is 223 Å². The lowest BCUT2D eigenvalue weighted by molar-refractivity contribution is 0.0577. The maximum atomic E-state index is 13.4. The number of benzene rings is 1. The maximum Gasteiger partial charge on any atom is 0.259 e. The molecule has 0 aliphatic heterocycles. The summed E-state index contributed by atoms with van der Waals surface area (Å²) in [5.41, 5.74) is 3.94. The van der Waals surface area contributed by atoms with Crippen LogP contribution < -0.4 is 5.32 Å². The summed E-state index contributed by atoms with van der Waals surface area (Å²) >= 11 is 6.50. The number of tetrazole rings is 1. The number of hydrogen-bond acceptors (Lipinski definition) is 7. The minimum Gasteiger partial charge on any atom is -0.389 e. The van der Waals surface area contributed by atoms with E-state index in [2.05, 4.69) is 30.9 Å². The Balaban J connectivity index is 1.28. The van der Waals surface area contributed by atoms with Crippen molar-refractivity contribution in [1.29, 1.82) is 0 Å². The number of nitrogens with zero attached hydrogens (tertiary/aromatic N) is 8. The number of rotatable bonds is 7. The first kappa shape index (κ1) is 24.3. The molecule has 5 aromatic rings. The summed E-state index contributed by atoms with van der Waals surface area (Å²) in [5.74, 6) is 0.115. The van der Waals surface area contributed by atoms with Crippen LogP contribution in [0.4, 0.5) is 5.69 Å². The molecule has 0 unspecified atom stereocenters. The van der Waals surface area contributed by atoms with E-state index in [1.165, 1.54) is 0 Å². The molecule has 1 aliphatic carbocycles. The number of carbonyl (C=O) groups excluding carboxylic acids is 1. The molecular formula is C26H26ClN9O2. The molecule has 0 radical (unpaired) electrons. The number of amides is 1. The van der Waals surface area contributed by atoms with Crippen LogP contribution in [0.25, 0.3) is 28.0 Å². The average Bonchev–Trinajstić information content (AvgIpc) is 3.24. The number of anilines is 1. The van der Waals surface area contributed by atoms with E-state index < -0.39 is 5.60 Å². The Morgan fingerprint density at radius 2 is 2.00 bits per heavy atom. The van der Waals surface area contributed by atoms with E-state index in [0.29, 0.717) is 45.8 Å². The summed E-state index contributed by atoms with van der Waals surface area (Å²) < 4.78 is 3.35. The normalized spacial score (nSPS) is 13.8. The Morgan fingerprint density at radius 3 is 2.76 bits per heavy atom. The van der Waals surface area contributed by atoms with Crippen LogP contribution in [0, 0.1) is 6.92 Å². The van der Waals surface area contributed by atoms with E-state index in [1.807, 2.05) is 25.3 Å². The van der Waals surface area contributed by atoms with E-state index in [-0.39, 0.29) is 5.91 Å². The molecule has 4 aromatic heterocycles. The van der Waals surface area contributed by atoms with Gasteiger partial charge in [0.15, 0.2) is 0 Å². The van der Waals surface area contributed by atoms with Crippen LogP contribution in [0.3, 0.4) is 0 Å². The van der Waals surface area contributed by atoms with E-state index in [0.717, 1.165) is 29.5 Å². The first-order chi connectivity index (χ1) is 18.1. The van der Waals surface area contributed by atoms with Crippen molar-refractivity contribution in [3.8, 4) is 22.5 Å². The summed E-state index contributed by atoms with van der Waals surface area (Å²) in [4.78, 5) is 15.0. The fourth-order valence-electron chi connectivity index (χ4n) is 4.29. The maximum absolute atomic E-state index is 13.4. The Kier molecular flexibility index (Phi) is 5.77. The van der Waals surface area contributed by atoms with Gasteiger partial charge >= 0.3 is 0 Å². The molecule has 1 aliphatic rings. The number of nitrogens with one attached hydrogen (secondary N) is 1. The lowest BCUT2D eigenvalue weighted by Gasteiger charge is -2.16. The lowest BCUT2D eigenvalue weighted by Crippen LogP contribution is -2.26. The molecule has 4 heterocycles. The molecular weight excluding hydrogens is 506 g/mol. The van der Waals surface area contributed by atoms with Gasteiger partial charge in [-0.3, -0.25) is 9.48 Å². The van der Waals surface area contributed by atoms with Crippen LogP contribution in [0.15, 0.2) is 49.1 Å². The average molecular weight is 532 g/mol. The molecule has 1 saturated carbocycles. The highest BCUT2D eigenvalue weighted by molar-refractivity contribution is 6.33. The summed E-state index contributed by atoms with van der Waals surface area (Å²) in [5, 5.41) is 35.0. The lowest BCUT2D eigenvalue weighted by atomic mass is 10.1. The molecule has 38 heavy (non-hydrogen) atoms. The third-order valence-electron chi connectivity index (χ3n) is 6.39. The van der Waals surface area contributed by atoms with Crippen LogP contribution in [0.2, 0.25) is 5.02 Å². The Morgan fingerprint density at radius 1 is 1.18 bits per heavy atom. The summed E-state index contributed by atoms with van der Waals surface area (Å²) in [7, 11) is 0. The van der Waals surface area contributed by atoms with Gasteiger partial charge in [-0.2, -0.15) is 15.0 Å². The van der Waals surface area contributed by atoms with Crippen LogP contribution in [-0.4, -0.2) is 56.2 Å². The Bertz CT molecular complexity index is 1670. The predicted octanol–water partition coefficient (Wildman–Crippen LogP) is 4.17. The molecule has 1 fully saturated rings. The van der Waals surface area contributed by atoms with E-state index >= 15 is 0 Å². The molecule has 1 aromatic carbocycles. The zero-order chi connectivity index (χ0) is 26.6. The van der Waals surface area contributed by atoms with Gasteiger partial charge in [-0.25, -0.2) is 4.52 Å². The van der Waals surface area contributed by atoms with E-state index in [4.69, 9.17) is 11.6 Å². The number of fused-ring (bicyclic) bond motifs is 1. The number of aliphatic hydroxyl groups is 1. The van der Waals surface area contributed by atoms with Crippen molar-refractivity contribution in [2.75, 3.05) is 5.32 Å². The number of aromatic nitrogens is 8. The molecule has 12 heteroatoms. The minimum absolute atomic E-state index is 0.302. The first-order valence-corrected chi connectivity index (χ1v) is 12.7. The van der Waals surface area contributed by atoms with Crippen molar-refractivity contribution in [1.82, 2.24) is 39.6 Å². The number of aryl methyl sites for hydroxylation is 1. The molecule has 11 nitrogen and oxygen atoms in total. The standard InChI is InChI=1S/C26H26ClN9O2/c1-15-8-21(27)19(24-31-33-36(32-24)18-4-5-18)10-22(15)30-25(37)20-12-29-35-7-6-16(9-23(20)35)17-11-28-34(13-17)14-26(2,3)38/h6-13,18,38H,4-5,14H2,1-3H3,(H,30,37). The number of hydrogen-bond donors (Lipinski definition) is 2. The second-order valence-corrected chi connectivity index (χ2v) is 10.7. The SMILES string of the molecule is Cc1cc(Cl)c(-c2nnn(C3CC3)n2)cc1NC(=O)c1cnn2ccc(-c3cnn(CC(C)(C)O)c3)cc12. The number of carbonyl (C=O) groups is 1. The van der Waals surface area contributed by atoms with Crippen LogP contribution >= 0.6 is 11.6 Å². The van der Waals surface area contributed by atoms with Gasteiger partial charge in [0, 0.05) is 29.2 Å². The van der Waals surface area contributed by atoms with Crippen molar-refractivity contribution >= 4 is 28.7 Å². The van der Waals surface area contributed by atoms with Crippen LogP contribution in [0.1, 0.15) is 48.7 Å². The quantitative estimate of drug-likeness (QED) is 0.322. The van der Waals surface area contributed by atoms with Crippen molar-refractivity contribution < 1.29 is 9.90 Å². The zero-order valence-electron chi connectivity index (χ0n) is 21.1. The van der Waals surface area contributed by atoms with Gasteiger partial charge in [0.05, 0.1) is 46.7 Å². The van der Waals surface area contributed by atoms with E-state index in [9.17, 15) is 9.90 Å². The number of halogens is 1. The van der Waals surface area contributed by atoms with Gasteiger partial charge in [-0.05, 0) is 74.2 Å². The fraction of sp³-hybridized carbons (Fsp3) is 0.308. The highest BCUT2D eigenvalue weighted by atomic mass is 35.5. The van der Waals surface area contributed by atoms with Crippen molar-refractivity contribution in [2.45, 2.75) is 51.8 Å². The molecule has 0 spiro atoms. The third kappa shape index (κ3) is 4.77. The Hall–Kier alpha value is -4.09. The molecule has 0 atom stereocenters. The van der Waals surface area contributed by atoms with Gasteiger partial charge in [-0.1, -0.05) is 11.6 Å². The summed E-state index contributed by atoms with van der Waals surface area (Å²) in [6, 6.07) is 7.66. The summed E-state index contributed by atoms with van der Waals surface area (Å²) in [6.07, 6.45) is 9.04. The number of pyridine rings is 1. The van der Waals surface area contributed by atoms with Gasteiger partial charge in [0.1, 0.15) is 0 Å². The summed E-state index contributed by atoms with van der Waals surface area (Å²) in [6.45, 7) is 5.71. The zero-order valence-corrected chi connectivity index (χ0v) is 21.9. The highest BCUT2D eigenvalue weighted by Gasteiger charge is 2.27. The van der Waals surface area contributed by atoms with Crippen LogP contribution in [-0.2, 0) is 6.54 Å². The topological polar surface area (TPSA) is 128 Å². The predicted molar refractivity (Wildman–Crippen MR) is 142 cm³/mol. The molecule has 0 saturated heterocycles. The highest BCUT2D eigenvalue weighted by Crippen LogP contribution is 2.35. The minimum atomic E-state index is -0.882. The first-order valence-electron chi connectivity index (χ1n) is 12.3. The second kappa shape index (κ2) is 9.03.